The van der Waals surface area contributed by atoms with Gasteiger partial charge in [-0.3, -0.25) is 4.79 Å². The number of carbonyl (C=O) groups excluding carboxylic acids is 1. The fourth-order valence-corrected chi connectivity index (χ4v) is 2.69. The van der Waals surface area contributed by atoms with Crippen molar-refractivity contribution in [3.63, 3.8) is 0 Å². The van der Waals surface area contributed by atoms with Crippen molar-refractivity contribution in [2.24, 2.45) is 5.92 Å². The summed E-state index contributed by atoms with van der Waals surface area (Å²) in [5, 5.41) is 2.75. The highest BCUT2D eigenvalue weighted by Gasteiger charge is 2.15. The SMILES string of the molecule is Cc1cc(S(=O)(=O)Cl)cc(C)c1OCC(=O)NCC(C)C. The van der Waals surface area contributed by atoms with Crippen molar-refractivity contribution in [1.82, 2.24) is 5.32 Å². The van der Waals surface area contributed by atoms with Crippen LogP contribution in [0.3, 0.4) is 0 Å². The van der Waals surface area contributed by atoms with Gasteiger partial charge in [-0.1, -0.05) is 13.8 Å². The van der Waals surface area contributed by atoms with E-state index < -0.39 is 9.05 Å². The van der Waals surface area contributed by atoms with Crippen LogP contribution in [0, 0.1) is 19.8 Å². The van der Waals surface area contributed by atoms with Gasteiger partial charge in [-0.05, 0) is 43.0 Å². The molecule has 0 aliphatic rings. The number of ether oxygens (including phenoxy) is 1. The summed E-state index contributed by atoms with van der Waals surface area (Å²) in [5.74, 6) is 0.654. The zero-order chi connectivity index (χ0) is 16.2. The first-order valence-electron chi connectivity index (χ1n) is 6.56. The number of benzene rings is 1. The Labute approximate surface area is 130 Å². The minimum Gasteiger partial charge on any atom is -0.483 e. The lowest BCUT2D eigenvalue weighted by Crippen LogP contribution is -2.31. The van der Waals surface area contributed by atoms with Crippen LogP contribution in [0.2, 0.25) is 0 Å². The summed E-state index contributed by atoms with van der Waals surface area (Å²) in [6, 6.07) is 2.85. The molecule has 7 heteroatoms. The van der Waals surface area contributed by atoms with Crippen molar-refractivity contribution in [1.29, 1.82) is 0 Å². The maximum atomic E-state index is 11.6. The number of halogens is 1. The van der Waals surface area contributed by atoms with Crippen molar-refractivity contribution in [2.75, 3.05) is 13.2 Å². The topological polar surface area (TPSA) is 72.5 Å². The van der Waals surface area contributed by atoms with Crippen molar-refractivity contribution in [3.8, 4) is 5.75 Å². The van der Waals surface area contributed by atoms with E-state index in [9.17, 15) is 13.2 Å². The molecule has 0 atom stereocenters. The molecule has 1 N–H and O–H groups in total. The molecule has 0 heterocycles. The van der Waals surface area contributed by atoms with Gasteiger partial charge in [0.25, 0.3) is 15.0 Å². The Hall–Kier alpha value is -1.27. The standard InChI is InChI=1S/C14H20ClNO4S/c1-9(2)7-16-13(17)8-20-14-10(3)5-12(6-11(14)4)21(15,18)19/h5-6,9H,7-8H2,1-4H3,(H,16,17). The minimum absolute atomic E-state index is 0.0239. The molecular formula is C14H20ClNO4S. The third-order valence-electron chi connectivity index (χ3n) is 2.77. The van der Waals surface area contributed by atoms with Crippen LogP contribution in [-0.2, 0) is 13.8 Å². The molecule has 0 aliphatic heterocycles. The van der Waals surface area contributed by atoms with Crippen LogP contribution in [0.25, 0.3) is 0 Å². The zero-order valence-corrected chi connectivity index (χ0v) is 14.1. The van der Waals surface area contributed by atoms with E-state index in [0.29, 0.717) is 29.3 Å². The molecule has 0 unspecified atom stereocenters. The van der Waals surface area contributed by atoms with E-state index in [2.05, 4.69) is 5.32 Å². The molecule has 0 fully saturated rings. The van der Waals surface area contributed by atoms with E-state index in [4.69, 9.17) is 15.4 Å². The number of nitrogens with one attached hydrogen (secondary N) is 1. The Bertz CT molecular complexity index is 603. The average molecular weight is 334 g/mol. The summed E-state index contributed by atoms with van der Waals surface area (Å²) in [6.45, 7) is 7.90. The van der Waals surface area contributed by atoms with E-state index in [-0.39, 0.29) is 17.4 Å². The van der Waals surface area contributed by atoms with Gasteiger partial charge < -0.3 is 10.1 Å². The van der Waals surface area contributed by atoms with Crippen LogP contribution in [0.1, 0.15) is 25.0 Å². The number of amides is 1. The van der Waals surface area contributed by atoms with Gasteiger partial charge in [0.1, 0.15) is 5.75 Å². The first-order valence-corrected chi connectivity index (χ1v) is 8.87. The molecule has 1 aromatic carbocycles. The third-order valence-corrected chi connectivity index (χ3v) is 4.10. The second-order valence-corrected chi connectivity index (χ2v) is 7.88. The molecule has 0 radical (unpaired) electrons. The molecule has 5 nitrogen and oxygen atoms in total. The van der Waals surface area contributed by atoms with E-state index in [1.54, 1.807) is 13.8 Å². The van der Waals surface area contributed by atoms with Crippen LogP contribution in [0.4, 0.5) is 0 Å². The van der Waals surface area contributed by atoms with Crippen molar-refractivity contribution in [3.05, 3.63) is 23.3 Å². The predicted octanol–water partition coefficient (Wildman–Crippen LogP) is 2.38. The van der Waals surface area contributed by atoms with Crippen LogP contribution in [0.5, 0.6) is 5.75 Å². The first-order chi connectivity index (χ1) is 9.61. The van der Waals surface area contributed by atoms with Crippen LogP contribution in [-0.4, -0.2) is 27.5 Å². The highest BCUT2D eigenvalue weighted by molar-refractivity contribution is 8.13. The van der Waals surface area contributed by atoms with Crippen molar-refractivity contribution >= 4 is 25.6 Å². The van der Waals surface area contributed by atoms with Crippen LogP contribution in [0.15, 0.2) is 17.0 Å². The number of aryl methyl sites for hydroxylation is 2. The lowest BCUT2D eigenvalue weighted by molar-refractivity contribution is -0.123. The normalized spacial score (nSPS) is 11.5. The summed E-state index contributed by atoms with van der Waals surface area (Å²) in [5.41, 5.74) is 1.23. The molecule has 21 heavy (non-hydrogen) atoms. The Morgan fingerprint density at radius 1 is 1.29 bits per heavy atom. The molecule has 0 bridgehead atoms. The zero-order valence-electron chi connectivity index (χ0n) is 12.6. The molecular weight excluding hydrogens is 314 g/mol. The fourth-order valence-electron chi connectivity index (χ4n) is 1.79. The molecule has 0 aliphatic carbocycles. The van der Waals surface area contributed by atoms with E-state index in [1.165, 1.54) is 12.1 Å². The van der Waals surface area contributed by atoms with Crippen molar-refractivity contribution < 1.29 is 17.9 Å². The van der Waals surface area contributed by atoms with Gasteiger partial charge in [0.2, 0.25) is 0 Å². The maximum absolute atomic E-state index is 11.6. The lowest BCUT2D eigenvalue weighted by Gasteiger charge is -2.13. The fraction of sp³-hybridized carbons (Fsp3) is 0.500. The Morgan fingerprint density at radius 2 is 1.81 bits per heavy atom. The molecule has 0 saturated heterocycles. The van der Waals surface area contributed by atoms with E-state index in [1.807, 2.05) is 13.8 Å². The predicted molar refractivity (Wildman–Crippen MR) is 82.3 cm³/mol. The van der Waals surface area contributed by atoms with Gasteiger partial charge in [-0.25, -0.2) is 8.42 Å². The Balaban J connectivity index is 2.79. The summed E-state index contributed by atoms with van der Waals surface area (Å²) >= 11 is 0. The molecule has 1 amide bonds. The molecule has 0 aromatic heterocycles. The van der Waals surface area contributed by atoms with Crippen molar-refractivity contribution in [2.45, 2.75) is 32.6 Å². The molecule has 1 aromatic rings. The van der Waals surface area contributed by atoms with Crippen LogP contribution < -0.4 is 10.1 Å². The van der Waals surface area contributed by atoms with Gasteiger partial charge in [0.05, 0.1) is 4.90 Å². The average Bonchev–Trinajstić information content (AvgIpc) is 2.33. The molecule has 0 saturated carbocycles. The highest BCUT2D eigenvalue weighted by atomic mass is 35.7. The minimum atomic E-state index is -3.78. The van der Waals surface area contributed by atoms with E-state index in [0.717, 1.165) is 0 Å². The summed E-state index contributed by atoms with van der Waals surface area (Å²) in [7, 11) is 1.54. The smallest absolute Gasteiger partial charge is 0.261 e. The Morgan fingerprint density at radius 3 is 2.24 bits per heavy atom. The molecule has 1 rings (SSSR count). The summed E-state index contributed by atoms with van der Waals surface area (Å²) < 4.78 is 28.1. The molecule has 118 valence electrons. The van der Waals surface area contributed by atoms with Crippen LogP contribution >= 0.6 is 10.7 Å². The monoisotopic (exact) mass is 333 g/mol. The van der Waals surface area contributed by atoms with E-state index >= 15 is 0 Å². The highest BCUT2D eigenvalue weighted by Crippen LogP contribution is 2.28. The molecule has 0 spiro atoms. The summed E-state index contributed by atoms with van der Waals surface area (Å²) in [4.78, 5) is 11.6. The number of carbonyl (C=O) groups is 1. The number of rotatable bonds is 6. The first kappa shape index (κ1) is 17.8. The number of hydrogen-bond acceptors (Lipinski definition) is 4. The second-order valence-electron chi connectivity index (χ2n) is 5.31. The Kier molecular flexibility index (Phi) is 6.04. The van der Waals surface area contributed by atoms with Gasteiger partial charge in [0, 0.05) is 17.2 Å². The van der Waals surface area contributed by atoms with Gasteiger partial charge in [-0.2, -0.15) is 0 Å². The quantitative estimate of drug-likeness (QED) is 0.811. The largest absolute Gasteiger partial charge is 0.483 e. The van der Waals surface area contributed by atoms with Gasteiger partial charge >= 0.3 is 0 Å². The third kappa shape index (κ3) is 5.55. The summed E-state index contributed by atoms with van der Waals surface area (Å²) in [6.07, 6.45) is 0. The van der Waals surface area contributed by atoms with Gasteiger partial charge in [-0.15, -0.1) is 0 Å². The number of hydrogen-bond donors (Lipinski definition) is 1. The lowest BCUT2D eigenvalue weighted by atomic mass is 10.1. The van der Waals surface area contributed by atoms with Gasteiger partial charge in [0.15, 0.2) is 6.61 Å². The maximum Gasteiger partial charge on any atom is 0.261 e. The second kappa shape index (κ2) is 7.13.